The van der Waals surface area contributed by atoms with Crippen LogP contribution in [0.1, 0.15) is 107 Å². The maximum absolute atomic E-state index is 3.97. The van der Waals surface area contributed by atoms with Gasteiger partial charge in [0.1, 0.15) is 0 Å². The molecule has 0 heteroatoms. The summed E-state index contributed by atoms with van der Waals surface area (Å²) in [7, 11) is 0. The molecule has 2 fully saturated rings. The van der Waals surface area contributed by atoms with Gasteiger partial charge in [-0.25, -0.2) is 0 Å². The van der Waals surface area contributed by atoms with Gasteiger partial charge < -0.3 is 0 Å². The van der Waals surface area contributed by atoms with E-state index in [0.717, 1.165) is 23.7 Å². The monoisotopic (exact) mass is 378 g/mol. The number of unbranched alkanes of at least 4 members (excludes halogenated alkanes) is 3. The molecule has 1 aromatic carbocycles. The number of rotatable bonds is 9. The van der Waals surface area contributed by atoms with Crippen LogP contribution in [-0.4, -0.2) is 0 Å². The topological polar surface area (TPSA) is 0 Å². The summed E-state index contributed by atoms with van der Waals surface area (Å²) in [6, 6.07) is 9.44. The lowest BCUT2D eigenvalue weighted by Gasteiger charge is -2.27. The van der Waals surface area contributed by atoms with E-state index in [1.165, 1.54) is 89.0 Å². The van der Waals surface area contributed by atoms with Crippen LogP contribution >= 0.6 is 0 Å². The Balaban J connectivity index is 1.40. The predicted molar refractivity (Wildman–Crippen MR) is 125 cm³/mol. The van der Waals surface area contributed by atoms with Crippen molar-refractivity contribution in [1.29, 1.82) is 0 Å². The van der Waals surface area contributed by atoms with Crippen molar-refractivity contribution in [3.63, 3.8) is 0 Å². The van der Waals surface area contributed by atoms with Crippen LogP contribution in [0.15, 0.2) is 43.0 Å². The van der Waals surface area contributed by atoms with Crippen molar-refractivity contribution in [3.8, 4) is 0 Å². The average molecular weight is 379 g/mol. The number of benzene rings is 1. The summed E-state index contributed by atoms with van der Waals surface area (Å²) in [4.78, 5) is 0. The highest BCUT2D eigenvalue weighted by molar-refractivity contribution is 5.50. The summed E-state index contributed by atoms with van der Waals surface area (Å²) in [5.74, 6) is 3.34. The lowest BCUT2D eigenvalue weighted by Crippen LogP contribution is -2.13. The van der Waals surface area contributed by atoms with Crippen LogP contribution in [0.4, 0.5) is 0 Å². The van der Waals surface area contributed by atoms with E-state index < -0.39 is 0 Å². The van der Waals surface area contributed by atoms with E-state index in [1.807, 2.05) is 0 Å². The molecule has 0 heterocycles. The zero-order valence-electron chi connectivity index (χ0n) is 18.3. The molecule has 0 nitrogen and oxygen atoms in total. The van der Waals surface area contributed by atoms with Crippen LogP contribution in [0.25, 0.3) is 6.08 Å². The maximum atomic E-state index is 3.97. The molecule has 1 aromatic rings. The molecule has 0 N–H and O–H groups in total. The minimum absolute atomic E-state index is 0.755. The summed E-state index contributed by atoms with van der Waals surface area (Å²) < 4.78 is 0. The number of allylic oxidation sites excluding steroid dienone is 2. The second-order valence-electron chi connectivity index (χ2n) is 9.50. The Morgan fingerprint density at radius 3 is 2.14 bits per heavy atom. The lowest BCUT2D eigenvalue weighted by atomic mass is 9.78. The Morgan fingerprint density at radius 1 is 0.821 bits per heavy atom. The summed E-state index contributed by atoms with van der Waals surface area (Å²) in [6.07, 6.45) is 25.2. The average Bonchev–Trinajstić information content (AvgIpc) is 2.76. The van der Waals surface area contributed by atoms with Gasteiger partial charge >= 0.3 is 0 Å². The Hall–Kier alpha value is -1.30. The molecule has 0 radical (unpaired) electrons. The Morgan fingerprint density at radius 2 is 1.50 bits per heavy atom. The van der Waals surface area contributed by atoms with Gasteiger partial charge in [0.05, 0.1) is 0 Å². The second kappa shape index (κ2) is 11.6. The fourth-order valence-electron chi connectivity index (χ4n) is 5.34. The van der Waals surface area contributed by atoms with E-state index in [9.17, 15) is 0 Å². The molecule has 28 heavy (non-hydrogen) atoms. The van der Waals surface area contributed by atoms with Gasteiger partial charge in [-0.15, -0.1) is 6.58 Å². The molecule has 0 aromatic heterocycles. The Labute approximate surface area is 174 Å². The van der Waals surface area contributed by atoms with Crippen LogP contribution in [0.5, 0.6) is 0 Å². The highest BCUT2D eigenvalue weighted by Gasteiger charge is 2.21. The quantitative estimate of drug-likeness (QED) is 0.297. The van der Waals surface area contributed by atoms with E-state index in [4.69, 9.17) is 0 Å². The smallest absolute Gasteiger partial charge is 0.0162 e. The molecule has 0 spiro atoms. The normalized spacial score (nSPS) is 28.5. The SMILES string of the molecule is C=CC1CCC(c2ccc(/C=C/C3CCC(CCCCCC)CC3)cc2)CC1. The van der Waals surface area contributed by atoms with Crippen LogP contribution in [0.3, 0.4) is 0 Å². The molecule has 2 aliphatic carbocycles. The molecule has 0 aliphatic heterocycles. The Bertz CT molecular complexity index is 577. The lowest BCUT2D eigenvalue weighted by molar-refractivity contribution is 0.289. The van der Waals surface area contributed by atoms with Gasteiger partial charge in [-0.2, -0.15) is 0 Å². The predicted octanol–water partition coefficient (Wildman–Crippen LogP) is 8.94. The van der Waals surface area contributed by atoms with Crippen LogP contribution in [-0.2, 0) is 0 Å². The van der Waals surface area contributed by atoms with Crippen molar-refractivity contribution >= 4 is 6.08 Å². The molecular weight excluding hydrogens is 336 g/mol. The zero-order valence-corrected chi connectivity index (χ0v) is 18.3. The third kappa shape index (κ3) is 6.64. The standard InChI is InChI=1S/C28H42/c1-3-5-6-7-8-24-9-11-25(12-10-24)13-14-26-17-21-28(22-18-26)27-19-15-23(4-2)16-20-27/h4,13-14,17-18,21-25,27H,2-3,5-12,15-16,19-20H2,1H3/b14-13+. The summed E-state index contributed by atoms with van der Waals surface area (Å²) >= 11 is 0. The van der Waals surface area contributed by atoms with Gasteiger partial charge in [-0.05, 0) is 86.2 Å². The largest absolute Gasteiger partial charge is 0.103 e. The highest BCUT2D eigenvalue weighted by atomic mass is 14.3. The van der Waals surface area contributed by atoms with E-state index >= 15 is 0 Å². The van der Waals surface area contributed by atoms with Crippen LogP contribution in [0.2, 0.25) is 0 Å². The van der Waals surface area contributed by atoms with E-state index in [1.54, 1.807) is 5.56 Å². The molecule has 0 saturated heterocycles. The summed E-state index contributed by atoms with van der Waals surface area (Å²) in [6.45, 7) is 6.27. The van der Waals surface area contributed by atoms with Gasteiger partial charge in [-0.1, -0.05) is 81.5 Å². The molecule has 0 amide bonds. The fraction of sp³-hybridized carbons (Fsp3) is 0.643. The highest BCUT2D eigenvalue weighted by Crippen LogP contribution is 2.36. The third-order valence-corrected chi connectivity index (χ3v) is 7.43. The first-order valence-electron chi connectivity index (χ1n) is 12.2. The molecule has 0 atom stereocenters. The van der Waals surface area contributed by atoms with Crippen molar-refractivity contribution < 1.29 is 0 Å². The molecule has 2 saturated carbocycles. The second-order valence-corrected chi connectivity index (χ2v) is 9.50. The molecule has 0 bridgehead atoms. The van der Waals surface area contributed by atoms with E-state index in [0.29, 0.717) is 0 Å². The van der Waals surface area contributed by atoms with Gasteiger partial charge in [0.2, 0.25) is 0 Å². The first-order valence-corrected chi connectivity index (χ1v) is 12.2. The molecule has 154 valence electrons. The van der Waals surface area contributed by atoms with Gasteiger partial charge in [-0.3, -0.25) is 0 Å². The van der Waals surface area contributed by atoms with Crippen molar-refractivity contribution in [2.45, 2.75) is 96.3 Å². The Kier molecular flexibility index (Phi) is 8.90. The minimum atomic E-state index is 0.755. The molecule has 3 rings (SSSR count). The first-order chi connectivity index (χ1) is 13.8. The fourth-order valence-corrected chi connectivity index (χ4v) is 5.34. The zero-order chi connectivity index (χ0) is 19.6. The maximum Gasteiger partial charge on any atom is -0.0162 e. The van der Waals surface area contributed by atoms with Gasteiger partial charge in [0.15, 0.2) is 0 Å². The number of hydrogen-bond acceptors (Lipinski definition) is 0. The van der Waals surface area contributed by atoms with Crippen molar-refractivity contribution in [1.82, 2.24) is 0 Å². The summed E-state index contributed by atoms with van der Waals surface area (Å²) in [5, 5.41) is 0. The van der Waals surface area contributed by atoms with Gasteiger partial charge in [0.25, 0.3) is 0 Å². The molecular formula is C28H42. The number of hydrogen-bond donors (Lipinski definition) is 0. The molecule has 2 aliphatic rings. The van der Waals surface area contributed by atoms with Crippen molar-refractivity contribution in [2.24, 2.45) is 17.8 Å². The third-order valence-electron chi connectivity index (χ3n) is 7.43. The van der Waals surface area contributed by atoms with Gasteiger partial charge in [0, 0.05) is 0 Å². The van der Waals surface area contributed by atoms with Crippen LogP contribution in [0, 0.1) is 17.8 Å². The minimum Gasteiger partial charge on any atom is -0.103 e. The van der Waals surface area contributed by atoms with E-state index in [-0.39, 0.29) is 0 Å². The van der Waals surface area contributed by atoms with E-state index in [2.05, 4.69) is 56.0 Å². The van der Waals surface area contributed by atoms with Crippen LogP contribution < -0.4 is 0 Å². The summed E-state index contributed by atoms with van der Waals surface area (Å²) in [5.41, 5.74) is 2.92. The van der Waals surface area contributed by atoms with Crippen molar-refractivity contribution in [3.05, 3.63) is 54.1 Å². The first kappa shape index (κ1) is 21.4. The molecule has 0 unspecified atom stereocenters. The van der Waals surface area contributed by atoms with Crippen molar-refractivity contribution in [2.75, 3.05) is 0 Å².